The van der Waals surface area contributed by atoms with Crippen molar-refractivity contribution in [2.75, 3.05) is 17.7 Å². The highest BCUT2D eigenvalue weighted by Crippen LogP contribution is 2.34. The minimum atomic E-state index is 0.0714. The number of benzene rings is 1. The van der Waals surface area contributed by atoms with Crippen LogP contribution in [0.25, 0.3) is 0 Å². The summed E-state index contributed by atoms with van der Waals surface area (Å²) in [4.78, 5) is 12.3. The summed E-state index contributed by atoms with van der Waals surface area (Å²) in [6.45, 7) is 3.00. The molecule has 0 fully saturated rings. The molecule has 0 aliphatic carbocycles. The van der Waals surface area contributed by atoms with E-state index >= 15 is 0 Å². The van der Waals surface area contributed by atoms with Crippen molar-refractivity contribution in [2.45, 2.75) is 43.9 Å². The molecule has 0 aromatic heterocycles. The first-order valence-electron chi connectivity index (χ1n) is 6.99. The fourth-order valence-corrected chi connectivity index (χ4v) is 2.87. The lowest BCUT2D eigenvalue weighted by Crippen LogP contribution is -2.18. The normalized spacial score (nSPS) is 13.8. The van der Waals surface area contributed by atoms with Gasteiger partial charge in [-0.3, -0.25) is 4.79 Å². The Balaban J connectivity index is 1.77. The highest BCUT2D eigenvalue weighted by atomic mass is 32.2. The molecule has 1 aromatic rings. The Labute approximate surface area is 119 Å². The zero-order valence-corrected chi connectivity index (χ0v) is 12.2. The zero-order valence-electron chi connectivity index (χ0n) is 11.4. The second-order valence-electron chi connectivity index (χ2n) is 4.76. The van der Waals surface area contributed by atoms with Crippen LogP contribution in [0.3, 0.4) is 0 Å². The maximum atomic E-state index is 11.2. The highest BCUT2D eigenvalue weighted by molar-refractivity contribution is 8.00. The minimum absolute atomic E-state index is 0.0714. The molecule has 19 heavy (non-hydrogen) atoms. The fraction of sp³-hybridized carbons (Fsp3) is 0.533. The lowest BCUT2D eigenvalue weighted by atomic mass is 10.2. The molecule has 1 aliphatic rings. The first-order valence-corrected chi connectivity index (χ1v) is 7.97. The van der Waals surface area contributed by atoms with E-state index in [2.05, 4.69) is 12.2 Å². The molecule has 1 amide bonds. The predicted octanol–water partition coefficient (Wildman–Crippen LogP) is 4.08. The third-order valence-corrected chi connectivity index (χ3v) is 4.16. The van der Waals surface area contributed by atoms with Crippen LogP contribution in [0.1, 0.15) is 39.0 Å². The van der Waals surface area contributed by atoms with Gasteiger partial charge in [-0.05, 0) is 24.6 Å². The van der Waals surface area contributed by atoms with Gasteiger partial charge in [-0.1, -0.05) is 32.6 Å². The van der Waals surface area contributed by atoms with Crippen molar-refractivity contribution in [1.29, 1.82) is 0 Å². The van der Waals surface area contributed by atoms with Crippen molar-refractivity contribution in [3.63, 3.8) is 0 Å². The van der Waals surface area contributed by atoms with E-state index in [0.717, 1.165) is 29.4 Å². The number of carbonyl (C=O) groups excluding carboxylic acids is 1. The second kappa shape index (κ2) is 7.43. The van der Waals surface area contributed by atoms with Gasteiger partial charge < -0.3 is 10.1 Å². The van der Waals surface area contributed by atoms with Gasteiger partial charge in [0.2, 0.25) is 5.91 Å². The number of hydrogen-bond donors (Lipinski definition) is 1. The summed E-state index contributed by atoms with van der Waals surface area (Å²) in [5, 5.41) is 2.86. The number of carbonyl (C=O) groups is 1. The largest absolute Gasteiger partial charge is 0.494 e. The van der Waals surface area contributed by atoms with E-state index < -0.39 is 0 Å². The number of amides is 1. The van der Waals surface area contributed by atoms with Crippen LogP contribution in [0.5, 0.6) is 5.75 Å². The number of nitrogens with one attached hydrogen (secondary N) is 1. The molecule has 104 valence electrons. The highest BCUT2D eigenvalue weighted by Gasteiger charge is 2.15. The first kappa shape index (κ1) is 14.3. The molecule has 0 saturated heterocycles. The molecule has 0 spiro atoms. The lowest BCUT2D eigenvalue weighted by Gasteiger charge is -2.17. The average Bonchev–Trinajstić information content (AvgIpc) is 2.43. The van der Waals surface area contributed by atoms with Crippen LogP contribution >= 0.6 is 11.8 Å². The predicted molar refractivity (Wildman–Crippen MR) is 80.0 cm³/mol. The third kappa shape index (κ3) is 4.46. The Kier molecular flexibility index (Phi) is 5.58. The van der Waals surface area contributed by atoms with Gasteiger partial charge in [0.1, 0.15) is 5.75 Å². The summed E-state index contributed by atoms with van der Waals surface area (Å²) in [5.74, 6) is 1.47. The quantitative estimate of drug-likeness (QED) is 0.764. The van der Waals surface area contributed by atoms with Crippen LogP contribution in [-0.4, -0.2) is 18.3 Å². The van der Waals surface area contributed by atoms with E-state index in [-0.39, 0.29) is 5.91 Å². The topological polar surface area (TPSA) is 38.3 Å². The Bertz CT molecular complexity index is 434. The van der Waals surface area contributed by atoms with Gasteiger partial charge in [0.05, 0.1) is 18.0 Å². The maximum absolute atomic E-state index is 11.2. The maximum Gasteiger partial charge on any atom is 0.234 e. The van der Waals surface area contributed by atoms with Crippen molar-refractivity contribution in [2.24, 2.45) is 0 Å². The summed E-state index contributed by atoms with van der Waals surface area (Å²) in [7, 11) is 0. The molecular formula is C15H21NO2S. The van der Waals surface area contributed by atoms with E-state index in [9.17, 15) is 4.79 Å². The standard InChI is InChI=1S/C15H21NO2S/c1-2-3-4-5-6-9-18-12-7-8-13-14(10-12)19-11-15(17)16-13/h7-8,10H,2-6,9,11H2,1H3,(H,16,17). The average molecular weight is 279 g/mol. The fourth-order valence-electron chi connectivity index (χ4n) is 2.04. The van der Waals surface area contributed by atoms with Crippen LogP contribution in [0, 0.1) is 0 Å². The molecule has 2 rings (SSSR count). The summed E-state index contributed by atoms with van der Waals surface area (Å²) in [6.07, 6.45) is 6.24. The monoisotopic (exact) mass is 279 g/mol. The number of thioether (sulfide) groups is 1. The molecule has 1 aromatic carbocycles. The molecule has 1 N–H and O–H groups in total. The van der Waals surface area contributed by atoms with Crippen LogP contribution in [0.4, 0.5) is 5.69 Å². The van der Waals surface area contributed by atoms with Crippen LogP contribution < -0.4 is 10.1 Å². The van der Waals surface area contributed by atoms with Gasteiger partial charge in [-0.25, -0.2) is 0 Å². The molecule has 1 aliphatic heterocycles. The number of unbranched alkanes of at least 4 members (excludes halogenated alkanes) is 4. The summed E-state index contributed by atoms with van der Waals surface area (Å²) in [6, 6.07) is 5.87. The summed E-state index contributed by atoms with van der Waals surface area (Å²) >= 11 is 1.57. The Morgan fingerprint density at radius 3 is 2.95 bits per heavy atom. The molecule has 0 unspecified atom stereocenters. The molecule has 1 heterocycles. The summed E-state index contributed by atoms with van der Waals surface area (Å²) < 4.78 is 5.75. The van der Waals surface area contributed by atoms with Crippen LogP contribution in [0.15, 0.2) is 23.1 Å². The number of rotatable bonds is 7. The van der Waals surface area contributed by atoms with E-state index in [1.165, 1.54) is 25.7 Å². The molecule has 0 radical (unpaired) electrons. The van der Waals surface area contributed by atoms with Crippen molar-refractivity contribution in [3.8, 4) is 5.75 Å². The zero-order chi connectivity index (χ0) is 13.5. The Morgan fingerprint density at radius 1 is 1.26 bits per heavy atom. The van der Waals surface area contributed by atoms with Gasteiger partial charge in [0.25, 0.3) is 0 Å². The number of hydrogen-bond acceptors (Lipinski definition) is 3. The smallest absolute Gasteiger partial charge is 0.234 e. The minimum Gasteiger partial charge on any atom is -0.494 e. The molecule has 0 saturated carbocycles. The molecular weight excluding hydrogens is 258 g/mol. The molecule has 4 heteroatoms. The van der Waals surface area contributed by atoms with Gasteiger partial charge in [-0.15, -0.1) is 11.8 Å². The van der Waals surface area contributed by atoms with Gasteiger partial charge >= 0.3 is 0 Å². The summed E-state index contributed by atoms with van der Waals surface area (Å²) in [5.41, 5.74) is 0.900. The Morgan fingerprint density at radius 2 is 2.11 bits per heavy atom. The lowest BCUT2D eigenvalue weighted by molar-refractivity contribution is -0.113. The van der Waals surface area contributed by atoms with Crippen LogP contribution in [-0.2, 0) is 4.79 Å². The third-order valence-electron chi connectivity index (χ3n) is 3.10. The van der Waals surface area contributed by atoms with Crippen LogP contribution in [0.2, 0.25) is 0 Å². The van der Waals surface area contributed by atoms with Crippen molar-refractivity contribution in [1.82, 2.24) is 0 Å². The number of anilines is 1. The van der Waals surface area contributed by atoms with Gasteiger partial charge in [0, 0.05) is 4.90 Å². The van der Waals surface area contributed by atoms with Gasteiger partial charge in [-0.2, -0.15) is 0 Å². The van der Waals surface area contributed by atoms with E-state index in [0.29, 0.717) is 5.75 Å². The van der Waals surface area contributed by atoms with E-state index in [4.69, 9.17) is 4.74 Å². The van der Waals surface area contributed by atoms with Crippen molar-refractivity contribution >= 4 is 23.4 Å². The molecule has 0 bridgehead atoms. The number of ether oxygens (including phenoxy) is 1. The molecule has 3 nitrogen and oxygen atoms in total. The van der Waals surface area contributed by atoms with E-state index in [1.807, 2.05) is 18.2 Å². The first-order chi connectivity index (χ1) is 9.29. The van der Waals surface area contributed by atoms with Crippen molar-refractivity contribution < 1.29 is 9.53 Å². The van der Waals surface area contributed by atoms with Crippen molar-refractivity contribution in [3.05, 3.63) is 18.2 Å². The second-order valence-corrected chi connectivity index (χ2v) is 5.77. The SMILES string of the molecule is CCCCCCCOc1ccc2c(c1)SCC(=O)N2. The van der Waals surface area contributed by atoms with E-state index in [1.54, 1.807) is 11.8 Å². The van der Waals surface area contributed by atoms with Gasteiger partial charge in [0.15, 0.2) is 0 Å². The molecule has 0 atom stereocenters. The number of fused-ring (bicyclic) bond motifs is 1. The Hall–Kier alpha value is -1.16.